The van der Waals surface area contributed by atoms with E-state index in [1.807, 2.05) is 12.3 Å². The molecule has 0 spiro atoms. The van der Waals surface area contributed by atoms with Gasteiger partial charge < -0.3 is 10.1 Å². The molecule has 0 aliphatic rings. The Balaban J connectivity index is 1.78. The number of hydrogen-bond acceptors (Lipinski definition) is 3. The molecule has 0 saturated carbocycles. The van der Waals surface area contributed by atoms with Crippen molar-refractivity contribution in [3.63, 3.8) is 0 Å². The maximum Gasteiger partial charge on any atom is 0.125 e. The standard InChI is InChI=1S/C17H22N2O/c1-13-6-7-14(2)17(15(13)3)20-10-9-19-12-16-5-4-8-18-11-16/h4-8,11,19H,9-10,12H2,1-3H3. The maximum absolute atomic E-state index is 5.91. The topological polar surface area (TPSA) is 34.1 Å². The van der Waals surface area contributed by atoms with Crippen LogP contribution < -0.4 is 10.1 Å². The van der Waals surface area contributed by atoms with Gasteiger partial charge in [0.25, 0.3) is 0 Å². The first-order valence-corrected chi connectivity index (χ1v) is 6.97. The summed E-state index contributed by atoms with van der Waals surface area (Å²) in [4.78, 5) is 4.09. The summed E-state index contributed by atoms with van der Waals surface area (Å²) in [7, 11) is 0. The third-order valence-electron chi connectivity index (χ3n) is 3.45. The van der Waals surface area contributed by atoms with Crippen LogP contribution >= 0.6 is 0 Å². The average molecular weight is 270 g/mol. The molecule has 0 saturated heterocycles. The van der Waals surface area contributed by atoms with E-state index in [4.69, 9.17) is 4.74 Å². The molecule has 1 aromatic heterocycles. The second kappa shape index (κ2) is 7.06. The van der Waals surface area contributed by atoms with E-state index in [0.717, 1.165) is 18.8 Å². The number of ether oxygens (including phenoxy) is 1. The van der Waals surface area contributed by atoms with Crippen LogP contribution in [0.2, 0.25) is 0 Å². The predicted octanol–water partition coefficient (Wildman–Crippen LogP) is 3.18. The van der Waals surface area contributed by atoms with Gasteiger partial charge in [0, 0.05) is 25.5 Å². The second-order valence-electron chi connectivity index (χ2n) is 5.04. The van der Waals surface area contributed by atoms with E-state index in [1.165, 1.54) is 22.3 Å². The van der Waals surface area contributed by atoms with Gasteiger partial charge in [-0.2, -0.15) is 0 Å². The first-order valence-electron chi connectivity index (χ1n) is 6.97. The highest BCUT2D eigenvalue weighted by atomic mass is 16.5. The molecule has 0 amide bonds. The molecule has 3 heteroatoms. The van der Waals surface area contributed by atoms with E-state index >= 15 is 0 Å². The van der Waals surface area contributed by atoms with Crippen molar-refractivity contribution in [3.05, 3.63) is 58.9 Å². The first kappa shape index (κ1) is 14.5. The summed E-state index contributed by atoms with van der Waals surface area (Å²) >= 11 is 0. The zero-order valence-corrected chi connectivity index (χ0v) is 12.4. The van der Waals surface area contributed by atoms with E-state index in [9.17, 15) is 0 Å². The minimum atomic E-state index is 0.672. The summed E-state index contributed by atoms with van der Waals surface area (Å²) in [6.45, 7) is 8.63. The van der Waals surface area contributed by atoms with Crippen LogP contribution in [0, 0.1) is 20.8 Å². The van der Waals surface area contributed by atoms with E-state index < -0.39 is 0 Å². The third-order valence-corrected chi connectivity index (χ3v) is 3.45. The number of aryl methyl sites for hydroxylation is 2. The molecule has 20 heavy (non-hydrogen) atoms. The van der Waals surface area contributed by atoms with Gasteiger partial charge in [0.05, 0.1) is 0 Å². The van der Waals surface area contributed by atoms with Gasteiger partial charge in [-0.05, 0) is 49.1 Å². The third kappa shape index (κ3) is 3.81. The summed E-state index contributed by atoms with van der Waals surface area (Å²) in [6, 6.07) is 8.27. The molecule has 1 N–H and O–H groups in total. The Morgan fingerprint density at radius 2 is 1.90 bits per heavy atom. The van der Waals surface area contributed by atoms with Crippen molar-refractivity contribution in [1.29, 1.82) is 0 Å². The zero-order valence-electron chi connectivity index (χ0n) is 12.4. The Kier molecular flexibility index (Phi) is 5.13. The number of benzene rings is 1. The van der Waals surface area contributed by atoms with E-state index in [-0.39, 0.29) is 0 Å². The van der Waals surface area contributed by atoms with Gasteiger partial charge in [-0.1, -0.05) is 18.2 Å². The van der Waals surface area contributed by atoms with Gasteiger partial charge in [-0.25, -0.2) is 0 Å². The molecule has 2 aromatic rings. The molecule has 0 aliphatic carbocycles. The van der Waals surface area contributed by atoms with E-state index in [2.05, 4.69) is 49.3 Å². The molecule has 3 nitrogen and oxygen atoms in total. The lowest BCUT2D eigenvalue weighted by Crippen LogP contribution is -2.21. The highest BCUT2D eigenvalue weighted by Gasteiger charge is 2.05. The summed E-state index contributed by atoms with van der Waals surface area (Å²) in [5.74, 6) is 1.02. The van der Waals surface area contributed by atoms with Crippen molar-refractivity contribution in [2.75, 3.05) is 13.2 Å². The molecule has 0 bridgehead atoms. The highest BCUT2D eigenvalue weighted by molar-refractivity contribution is 5.44. The van der Waals surface area contributed by atoms with Gasteiger partial charge >= 0.3 is 0 Å². The predicted molar refractivity (Wildman–Crippen MR) is 82.1 cm³/mol. The van der Waals surface area contributed by atoms with Crippen LogP contribution in [0.3, 0.4) is 0 Å². The van der Waals surface area contributed by atoms with Gasteiger partial charge in [0.2, 0.25) is 0 Å². The fourth-order valence-electron chi connectivity index (χ4n) is 2.11. The van der Waals surface area contributed by atoms with Crippen molar-refractivity contribution >= 4 is 0 Å². The van der Waals surface area contributed by atoms with Crippen molar-refractivity contribution < 1.29 is 4.74 Å². The molecule has 0 aliphatic heterocycles. The molecule has 0 unspecified atom stereocenters. The molecular weight excluding hydrogens is 248 g/mol. The van der Waals surface area contributed by atoms with Crippen LogP contribution in [-0.2, 0) is 6.54 Å². The number of nitrogens with zero attached hydrogens (tertiary/aromatic N) is 1. The summed E-state index contributed by atoms with van der Waals surface area (Å²) in [5.41, 5.74) is 4.89. The lowest BCUT2D eigenvalue weighted by Gasteiger charge is -2.14. The lowest BCUT2D eigenvalue weighted by molar-refractivity contribution is 0.309. The quantitative estimate of drug-likeness (QED) is 0.819. The van der Waals surface area contributed by atoms with Crippen LogP contribution in [0.1, 0.15) is 22.3 Å². The van der Waals surface area contributed by atoms with E-state index in [0.29, 0.717) is 6.61 Å². The Hall–Kier alpha value is -1.87. The maximum atomic E-state index is 5.91. The van der Waals surface area contributed by atoms with Crippen molar-refractivity contribution in [2.24, 2.45) is 0 Å². The SMILES string of the molecule is Cc1ccc(C)c(OCCNCc2cccnc2)c1C. The molecular formula is C17H22N2O. The highest BCUT2D eigenvalue weighted by Crippen LogP contribution is 2.25. The fraction of sp³-hybridized carbons (Fsp3) is 0.353. The Bertz CT molecular complexity index is 552. The molecule has 0 atom stereocenters. The van der Waals surface area contributed by atoms with Gasteiger partial charge in [0.1, 0.15) is 12.4 Å². The van der Waals surface area contributed by atoms with Crippen LogP contribution in [-0.4, -0.2) is 18.1 Å². The fourth-order valence-corrected chi connectivity index (χ4v) is 2.11. The second-order valence-corrected chi connectivity index (χ2v) is 5.04. The normalized spacial score (nSPS) is 10.6. The van der Waals surface area contributed by atoms with Gasteiger partial charge in [-0.3, -0.25) is 4.98 Å². The monoisotopic (exact) mass is 270 g/mol. The van der Waals surface area contributed by atoms with Crippen molar-refractivity contribution in [2.45, 2.75) is 27.3 Å². The molecule has 0 fully saturated rings. The molecule has 1 heterocycles. The Morgan fingerprint density at radius 1 is 1.10 bits per heavy atom. The minimum absolute atomic E-state index is 0.672. The van der Waals surface area contributed by atoms with Gasteiger partial charge in [-0.15, -0.1) is 0 Å². The van der Waals surface area contributed by atoms with Crippen molar-refractivity contribution in [3.8, 4) is 5.75 Å². The zero-order chi connectivity index (χ0) is 14.4. The van der Waals surface area contributed by atoms with Crippen molar-refractivity contribution in [1.82, 2.24) is 10.3 Å². The molecule has 2 rings (SSSR count). The minimum Gasteiger partial charge on any atom is -0.492 e. The Labute approximate surface area is 121 Å². The smallest absolute Gasteiger partial charge is 0.125 e. The largest absolute Gasteiger partial charge is 0.492 e. The molecule has 0 radical (unpaired) electrons. The Morgan fingerprint density at radius 3 is 2.65 bits per heavy atom. The van der Waals surface area contributed by atoms with Gasteiger partial charge in [0.15, 0.2) is 0 Å². The summed E-state index contributed by atoms with van der Waals surface area (Å²) in [5, 5.41) is 3.36. The summed E-state index contributed by atoms with van der Waals surface area (Å²) < 4.78 is 5.91. The number of rotatable bonds is 6. The average Bonchev–Trinajstić information content (AvgIpc) is 2.47. The van der Waals surface area contributed by atoms with Crippen LogP contribution in [0.15, 0.2) is 36.7 Å². The van der Waals surface area contributed by atoms with E-state index in [1.54, 1.807) is 6.20 Å². The first-order chi connectivity index (χ1) is 9.68. The summed E-state index contributed by atoms with van der Waals surface area (Å²) in [6.07, 6.45) is 3.67. The number of aromatic nitrogens is 1. The number of pyridine rings is 1. The number of hydrogen-bond donors (Lipinski definition) is 1. The number of nitrogens with one attached hydrogen (secondary N) is 1. The van der Waals surface area contributed by atoms with Crippen LogP contribution in [0.5, 0.6) is 5.75 Å². The lowest BCUT2D eigenvalue weighted by atomic mass is 10.1. The molecule has 106 valence electrons. The molecule has 1 aromatic carbocycles. The van der Waals surface area contributed by atoms with Crippen LogP contribution in [0.4, 0.5) is 0 Å². The van der Waals surface area contributed by atoms with Crippen LogP contribution in [0.25, 0.3) is 0 Å².